The number of hydrogen-bond acceptors (Lipinski definition) is 7. The van der Waals surface area contributed by atoms with Crippen molar-refractivity contribution < 1.29 is 13.2 Å². The predicted molar refractivity (Wildman–Crippen MR) is 67.6 cm³/mol. The summed E-state index contributed by atoms with van der Waals surface area (Å²) in [6.45, 7) is 0. The Labute approximate surface area is 107 Å². The number of hydrogen-bond donors (Lipinski definition) is 2. The van der Waals surface area contributed by atoms with E-state index in [9.17, 15) is 8.42 Å². The Bertz CT molecular complexity index is 461. The van der Waals surface area contributed by atoms with Crippen molar-refractivity contribution in [2.45, 2.75) is 18.9 Å². The van der Waals surface area contributed by atoms with Gasteiger partial charge < -0.3 is 4.74 Å². The molecule has 0 spiro atoms. The number of nitrogens with zero attached hydrogens (tertiary/aromatic N) is 2. The molecule has 18 heavy (non-hydrogen) atoms. The van der Waals surface area contributed by atoms with Gasteiger partial charge in [0.05, 0.1) is 18.8 Å². The van der Waals surface area contributed by atoms with Crippen LogP contribution in [0.5, 0.6) is 5.88 Å². The van der Waals surface area contributed by atoms with E-state index in [2.05, 4.69) is 15.6 Å². The van der Waals surface area contributed by atoms with E-state index in [0.717, 1.165) is 0 Å². The van der Waals surface area contributed by atoms with E-state index >= 15 is 0 Å². The number of methoxy groups -OCH3 is 1. The summed E-state index contributed by atoms with van der Waals surface area (Å²) in [5, 5.41) is 7.81. The third-order valence-electron chi connectivity index (χ3n) is 2.44. The fourth-order valence-electron chi connectivity index (χ4n) is 1.49. The summed E-state index contributed by atoms with van der Waals surface area (Å²) in [6, 6.07) is 3.21. The maximum Gasteiger partial charge on any atom is 0.233 e. The van der Waals surface area contributed by atoms with Gasteiger partial charge in [-0.2, -0.15) is 5.10 Å². The van der Waals surface area contributed by atoms with E-state index in [1.54, 1.807) is 12.1 Å². The van der Waals surface area contributed by atoms with Crippen LogP contribution in [0.2, 0.25) is 0 Å². The molecule has 1 atom stereocenters. The van der Waals surface area contributed by atoms with Gasteiger partial charge in [-0.15, -0.1) is 5.10 Å². The van der Waals surface area contributed by atoms with Crippen LogP contribution >= 0.6 is 0 Å². The second kappa shape index (κ2) is 6.62. The topological polar surface area (TPSA) is 107 Å². The van der Waals surface area contributed by atoms with Crippen molar-refractivity contribution in [1.82, 2.24) is 15.6 Å². The molecule has 0 aliphatic carbocycles. The highest BCUT2D eigenvalue weighted by Gasteiger charge is 2.13. The molecule has 1 unspecified atom stereocenters. The van der Waals surface area contributed by atoms with Gasteiger partial charge >= 0.3 is 0 Å². The zero-order valence-electron chi connectivity index (χ0n) is 10.5. The Morgan fingerprint density at radius 2 is 2.17 bits per heavy atom. The molecule has 0 aromatic carbocycles. The largest absolute Gasteiger partial charge is 0.480 e. The first kappa shape index (κ1) is 14.8. The molecule has 1 aromatic rings. The van der Waals surface area contributed by atoms with Gasteiger partial charge in [-0.25, -0.2) is 8.42 Å². The summed E-state index contributed by atoms with van der Waals surface area (Å²) in [6.07, 6.45) is 2.30. The van der Waals surface area contributed by atoms with E-state index in [-0.39, 0.29) is 11.8 Å². The number of sulfone groups is 1. The maximum absolute atomic E-state index is 11.0. The second-order valence-electron chi connectivity index (χ2n) is 3.99. The van der Waals surface area contributed by atoms with Crippen LogP contribution in [-0.2, 0) is 9.84 Å². The van der Waals surface area contributed by atoms with Gasteiger partial charge in [-0.05, 0) is 18.9 Å². The molecule has 7 nitrogen and oxygen atoms in total. The Hall–Kier alpha value is -1.25. The first-order valence-electron chi connectivity index (χ1n) is 5.47. The molecule has 0 aliphatic rings. The standard InChI is InChI=1S/C10H18N4O3S/c1-17-10-6-5-9(13-14-10)8(12-11)4-3-7-18(2,15)16/h5-6,8,12H,3-4,7,11H2,1-2H3. The lowest BCUT2D eigenvalue weighted by molar-refractivity contribution is 0.388. The molecule has 0 fully saturated rings. The minimum absolute atomic E-state index is 0.134. The molecule has 0 saturated carbocycles. The second-order valence-corrected chi connectivity index (χ2v) is 6.25. The quantitative estimate of drug-likeness (QED) is 0.524. The summed E-state index contributed by atoms with van der Waals surface area (Å²) in [7, 11) is -1.44. The van der Waals surface area contributed by atoms with Crippen LogP contribution in [0.4, 0.5) is 0 Å². The molecular formula is C10H18N4O3S. The van der Waals surface area contributed by atoms with Crippen LogP contribution in [0, 0.1) is 0 Å². The Morgan fingerprint density at radius 3 is 2.61 bits per heavy atom. The number of nitrogens with one attached hydrogen (secondary N) is 1. The van der Waals surface area contributed by atoms with Gasteiger partial charge in [-0.1, -0.05) is 0 Å². The van der Waals surface area contributed by atoms with Crippen LogP contribution < -0.4 is 16.0 Å². The number of hydrazine groups is 1. The van der Waals surface area contributed by atoms with Crippen molar-refractivity contribution in [1.29, 1.82) is 0 Å². The molecule has 1 aromatic heterocycles. The minimum Gasteiger partial charge on any atom is -0.480 e. The highest BCUT2D eigenvalue weighted by atomic mass is 32.2. The van der Waals surface area contributed by atoms with E-state index in [1.165, 1.54) is 13.4 Å². The fraction of sp³-hybridized carbons (Fsp3) is 0.600. The summed E-state index contributed by atoms with van der Waals surface area (Å²) in [4.78, 5) is 0. The SMILES string of the molecule is COc1ccc(C(CCCS(C)(=O)=O)NN)nn1. The maximum atomic E-state index is 11.0. The molecule has 0 aliphatic heterocycles. The van der Waals surface area contributed by atoms with E-state index in [0.29, 0.717) is 24.4 Å². The van der Waals surface area contributed by atoms with Gasteiger partial charge in [0.1, 0.15) is 9.84 Å². The molecule has 8 heteroatoms. The molecule has 0 bridgehead atoms. The zero-order valence-corrected chi connectivity index (χ0v) is 11.3. The summed E-state index contributed by atoms with van der Waals surface area (Å²) < 4.78 is 27.0. The van der Waals surface area contributed by atoms with Crippen molar-refractivity contribution >= 4 is 9.84 Å². The molecular weight excluding hydrogens is 256 g/mol. The van der Waals surface area contributed by atoms with Gasteiger partial charge in [0.15, 0.2) is 0 Å². The first-order chi connectivity index (χ1) is 8.46. The highest BCUT2D eigenvalue weighted by Crippen LogP contribution is 2.16. The Balaban J connectivity index is 2.59. The molecule has 1 rings (SSSR count). The number of rotatable bonds is 7. The molecule has 3 N–H and O–H groups in total. The van der Waals surface area contributed by atoms with E-state index < -0.39 is 9.84 Å². The van der Waals surface area contributed by atoms with Gasteiger partial charge in [0.25, 0.3) is 0 Å². The van der Waals surface area contributed by atoms with Gasteiger partial charge in [-0.3, -0.25) is 11.3 Å². The zero-order chi connectivity index (χ0) is 13.6. The van der Waals surface area contributed by atoms with Crippen LogP contribution in [0.3, 0.4) is 0 Å². The smallest absolute Gasteiger partial charge is 0.233 e. The van der Waals surface area contributed by atoms with E-state index in [4.69, 9.17) is 10.6 Å². The summed E-state index contributed by atoms with van der Waals surface area (Å²) in [5.41, 5.74) is 3.26. The number of ether oxygens (including phenoxy) is 1. The highest BCUT2D eigenvalue weighted by molar-refractivity contribution is 7.90. The van der Waals surface area contributed by atoms with Crippen LogP contribution in [0.1, 0.15) is 24.6 Å². The lowest BCUT2D eigenvalue weighted by Gasteiger charge is -2.14. The predicted octanol–water partition coefficient (Wildman–Crippen LogP) is -0.186. The minimum atomic E-state index is -2.95. The fourth-order valence-corrected chi connectivity index (χ4v) is 2.18. The van der Waals surface area contributed by atoms with Crippen LogP contribution in [-0.4, -0.2) is 37.7 Å². The van der Waals surface area contributed by atoms with Crippen molar-refractivity contribution in [3.63, 3.8) is 0 Å². The molecule has 0 saturated heterocycles. The van der Waals surface area contributed by atoms with Gasteiger partial charge in [0, 0.05) is 18.1 Å². The molecule has 1 heterocycles. The Kier molecular flexibility index (Phi) is 5.45. The monoisotopic (exact) mass is 274 g/mol. The molecule has 0 amide bonds. The Morgan fingerprint density at radius 1 is 1.44 bits per heavy atom. The third kappa shape index (κ3) is 4.94. The van der Waals surface area contributed by atoms with Crippen molar-refractivity contribution in [2.75, 3.05) is 19.1 Å². The van der Waals surface area contributed by atoms with Crippen molar-refractivity contribution in [3.8, 4) is 5.88 Å². The molecule has 0 radical (unpaired) electrons. The lowest BCUT2D eigenvalue weighted by atomic mass is 10.1. The number of aromatic nitrogens is 2. The van der Waals surface area contributed by atoms with E-state index in [1.807, 2.05) is 0 Å². The lowest BCUT2D eigenvalue weighted by Crippen LogP contribution is -2.29. The average molecular weight is 274 g/mol. The van der Waals surface area contributed by atoms with Crippen molar-refractivity contribution in [2.24, 2.45) is 5.84 Å². The normalized spacial score (nSPS) is 13.3. The summed E-state index contributed by atoms with van der Waals surface area (Å²) in [5.74, 6) is 5.98. The summed E-state index contributed by atoms with van der Waals surface area (Å²) >= 11 is 0. The third-order valence-corrected chi connectivity index (χ3v) is 3.47. The van der Waals surface area contributed by atoms with Crippen LogP contribution in [0.15, 0.2) is 12.1 Å². The average Bonchev–Trinajstić information content (AvgIpc) is 2.34. The number of nitrogens with two attached hydrogens (primary N) is 1. The molecule has 102 valence electrons. The van der Waals surface area contributed by atoms with Gasteiger partial charge in [0.2, 0.25) is 5.88 Å². The van der Waals surface area contributed by atoms with Crippen molar-refractivity contribution in [3.05, 3.63) is 17.8 Å². The van der Waals surface area contributed by atoms with Crippen LogP contribution in [0.25, 0.3) is 0 Å². The first-order valence-corrected chi connectivity index (χ1v) is 7.54.